The van der Waals surface area contributed by atoms with E-state index in [2.05, 4.69) is 62.5 Å². The zero-order chi connectivity index (χ0) is 13.2. The van der Waals surface area contributed by atoms with Crippen molar-refractivity contribution in [1.29, 1.82) is 0 Å². The minimum absolute atomic E-state index is 0.184. The predicted molar refractivity (Wildman–Crippen MR) is 81.2 cm³/mol. The maximum absolute atomic E-state index is 3.20. The Bertz CT molecular complexity index is 520. The van der Waals surface area contributed by atoms with Gasteiger partial charge in [-0.2, -0.15) is 0 Å². The molecule has 0 amide bonds. The van der Waals surface area contributed by atoms with Crippen molar-refractivity contribution in [1.82, 2.24) is 5.32 Å². The molecule has 2 heteroatoms. The van der Waals surface area contributed by atoms with E-state index in [1.807, 2.05) is 18.4 Å². The van der Waals surface area contributed by atoms with Gasteiger partial charge in [-0.3, -0.25) is 0 Å². The van der Waals surface area contributed by atoms with Gasteiger partial charge in [0.25, 0.3) is 0 Å². The van der Waals surface area contributed by atoms with Gasteiger partial charge in [-0.05, 0) is 35.7 Å². The minimum Gasteiger partial charge on any atom is -0.315 e. The molecule has 1 heterocycles. The third-order valence-electron chi connectivity index (χ3n) is 3.01. The molecule has 2 aromatic rings. The van der Waals surface area contributed by atoms with Gasteiger partial charge in [0.2, 0.25) is 0 Å². The van der Waals surface area contributed by atoms with Crippen LogP contribution in [0.25, 0.3) is 10.4 Å². The van der Waals surface area contributed by atoms with Gasteiger partial charge in [0, 0.05) is 16.3 Å². The summed E-state index contributed by atoms with van der Waals surface area (Å²) < 4.78 is 0. The fourth-order valence-corrected chi connectivity index (χ4v) is 3.20. The van der Waals surface area contributed by atoms with E-state index in [0.29, 0.717) is 0 Å². The summed E-state index contributed by atoms with van der Waals surface area (Å²) in [6, 6.07) is 13.2. The third kappa shape index (κ3) is 2.82. The highest BCUT2D eigenvalue weighted by Crippen LogP contribution is 2.36. The van der Waals surface area contributed by atoms with Crippen LogP contribution in [0.4, 0.5) is 0 Å². The molecule has 0 saturated carbocycles. The molecule has 0 saturated heterocycles. The molecular formula is C16H21NS. The van der Waals surface area contributed by atoms with Crippen LogP contribution >= 0.6 is 11.3 Å². The summed E-state index contributed by atoms with van der Waals surface area (Å²) in [5.74, 6) is 0. The van der Waals surface area contributed by atoms with Crippen molar-refractivity contribution in [3.05, 3.63) is 46.8 Å². The van der Waals surface area contributed by atoms with E-state index in [-0.39, 0.29) is 5.41 Å². The summed E-state index contributed by atoms with van der Waals surface area (Å²) in [5.41, 5.74) is 2.98. The van der Waals surface area contributed by atoms with Gasteiger partial charge in [-0.25, -0.2) is 0 Å². The van der Waals surface area contributed by atoms with E-state index in [1.165, 1.54) is 20.9 Å². The summed E-state index contributed by atoms with van der Waals surface area (Å²) in [7, 11) is 1.99. The van der Waals surface area contributed by atoms with Crippen LogP contribution in [0.3, 0.4) is 0 Å². The van der Waals surface area contributed by atoms with Gasteiger partial charge < -0.3 is 5.32 Å². The van der Waals surface area contributed by atoms with Crippen LogP contribution in [0.15, 0.2) is 36.4 Å². The fraction of sp³-hybridized carbons (Fsp3) is 0.375. The SMILES string of the molecule is CNCc1ccc(-c2ccccc2C(C)(C)C)s1. The van der Waals surface area contributed by atoms with E-state index in [9.17, 15) is 0 Å². The van der Waals surface area contributed by atoms with Crippen LogP contribution in [0.5, 0.6) is 0 Å². The highest BCUT2D eigenvalue weighted by atomic mass is 32.1. The molecule has 1 N–H and O–H groups in total. The maximum Gasteiger partial charge on any atom is 0.0349 e. The molecule has 2 rings (SSSR count). The van der Waals surface area contributed by atoms with Crippen molar-refractivity contribution in [2.75, 3.05) is 7.05 Å². The lowest BCUT2D eigenvalue weighted by molar-refractivity contribution is 0.592. The summed E-state index contributed by atoms with van der Waals surface area (Å²) in [5, 5.41) is 3.20. The smallest absolute Gasteiger partial charge is 0.0349 e. The first-order chi connectivity index (χ1) is 8.52. The first kappa shape index (κ1) is 13.3. The maximum atomic E-state index is 3.20. The van der Waals surface area contributed by atoms with Gasteiger partial charge in [0.15, 0.2) is 0 Å². The van der Waals surface area contributed by atoms with Gasteiger partial charge in [-0.15, -0.1) is 11.3 Å². The van der Waals surface area contributed by atoms with Gasteiger partial charge in [0.05, 0.1) is 0 Å². The van der Waals surface area contributed by atoms with Crippen LogP contribution in [0, 0.1) is 0 Å². The van der Waals surface area contributed by atoms with Crippen LogP contribution in [0.1, 0.15) is 31.2 Å². The average Bonchev–Trinajstić information content (AvgIpc) is 2.77. The third-order valence-corrected chi connectivity index (χ3v) is 4.13. The van der Waals surface area contributed by atoms with Crippen molar-refractivity contribution >= 4 is 11.3 Å². The molecule has 18 heavy (non-hydrogen) atoms. The Morgan fingerprint density at radius 1 is 1.06 bits per heavy atom. The van der Waals surface area contributed by atoms with E-state index in [0.717, 1.165) is 6.54 Å². The van der Waals surface area contributed by atoms with Crippen molar-refractivity contribution in [2.24, 2.45) is 0 Å². The van der Waals surface area contributed by atoms with Crippen LogP contribution in [-0.2, 0) is 12.0 Å². The highest BCUT2D eigenvalue weighted by molar-refractivity contribution is 7.15. The van der Waals surface area contributed by atoms with E-state index < -0.39 is 0 Å². The van der Waals surface area contributed by atoms with Crippen LogP contribution in [-0.4, -0.2) is 7.05 Å². The molecule has 0 unspecified atom stereocenters. The minimum atomic E-state index is 0.184. The molecule has 0 fully saturated rings. The number of nitrogens with one attached hydrogen (secondary N) is 1. The summed E-state index contributed by atoms with van der Waals surface area (Å²) >= 11 is 1.88. The lowest BCUT2D eigenvalue weighted by atomic mass is 9.83. The fourth-order valence-electron chi connectivity index (χ4n) is 2.14. The summed E-state index contributed by atoms with van der Waals surface area (Å²) in [4.78, 5) is 2.75. The Labute approximate surface area is 114 Å². The molecule has 0 spiro atoms. The monoisotopic (exact) mass is 259 g/mol. The van der Waals surface area contributed by atoms with Gasteiger partial charge in [-0.1, -0.05) is 45.0 Å². The largest absolute Gasteiger partial charge is 0.315 e. The van der Waals surface area contributed by atoms with Crippen molar-refractivity contribution in [2.45, 2.75) is 32.7 Å². The normalized spacial score (nSPS) is 11.8. The second-order valence-electron chi connectivity index (χ2n) is 5.59. The molecule has 0 aliphatic heterocycles. The molecule has 96 valence electrons. The van der Waals surface area contributed by atoms with Crippen molar-refractivity contribution < 1.29 is 0 Å². The van der Waals surface area contributed by atoms with Crippen molar-refractivity contribution in [3.63, 3.8) is 0 Å². The molecular weight excluding hydrogens is 238 g/mol. The van der Waals surface area contributed by atoms with E-state index in [4.69, 9.17) is 0 Å². The quantitative estimate of drug-likeness (QED) is 0.859. The van der Waals surface area contributed by atoms with E-state index >= 15 is 0 Å². The Morgan fingerprint density at radius 3 is 2.44 bits per heavy atom. The molecule has 0 aliphatic carbocycles. The zero-order valence-electron chi connectivity index (χ0n) is 11.6. The molecule has 1 nitrogen and oxygen atoms in total. The molecule has 1 aromatic heterocycles. The lowest BCUT2D eigenvalue weighted by Gasteiger charge is -2.22. The number of benzene rings is 1. The number of hydrogen-bond acceptors (Lipinski definition) is 2. The molecule has 1 aromatic carbocycles. The highest BCUT2D eigenvalue weighted by Gasteiger charge is 2.18. The number of hydrogen-bond donors (Lipinski definition) is 1. The first-order valence-electron chi connectivity index (χ1n) is 6.35. The van der Waals surface area contributed by atoms with Crippen molar-refractivity contribution in [3.8, 4) is 10.4 Å². The second-order valence-corrected chi connectivity index (χ2v) is 6.76. The standard InChI is InChI=1S/C16H21NS/c1-16(2,3)14-8-6-5-7-13(14)15-10-9-12(18-15)11-17-4/h5-10,17H,11H2,1-4H3. The van der Waals surface area contributed by atoms with Crippen LogP contribution in [0.2, 0.25) is 0 Å². The number of rotatable bonds is 3. The number of thiophene rings is 1. The predicted octanol–water partition coefficient (Wildman–Crippen LogP) is 4.43. The topological polar surface area (TPSA) is 12.0 Å². The average molecular weight is 259 g/mol. The lowest BCUT2D eigenvalue weighted by Crippen LogP contribution is -2.12. The van der Waals surface area contributed by atoms with E-state index in [1.54, 1.807) is 0 Å². The zero-order valence-corrected chi connectivity index (χ0v) is 12.4. The Kier molecular flexibility index (Phi) is 3.88. The second kappa shape index (κ2) is 5.25. The summed E-state index contributed by atoms with van der Waals surface area (Å²) in [6.07, 6.45) is 0. The summed E-state index contributed by atoms with van der Waals surface area (Å²) in [6.45, 7) is 7.76. The molecule has 0 aliphatic rings. The molecule has 0 radical (unpaired) electrons. The first-order valence-corrected chi connectivity index (χ1v) is 7.17. The van der Waals surface area contributed by atoms with Gasteiger partial charge >= 0.3 is 0 Å². The molecule has 0 bridgehead atoms. The Balaban J connectivity index is 2.43. The Hall–Kier alpha value is -1.12. The van der Waals surface area contributed by atoms with Gasteiger partial charge in [0.1, 0.15) is 0 Å². The Morgan fingerprint density at radius 2 is 1.78 bits per heavy atom. The molecule has 0 atom stereocenters. The van der Waals surface area contributed by atoms with Crippen LogP contribution < -0.4 is 5.32 Å².